The first-order chi connectivity index (χ1) is 9.93. The second-order valence-corrected chi connectivity index (χ2v) is 6.97. The molecule has 2 rings (SSSR count). The number of piperazine rings is 1. The molecule has 0 saturated carbocycles. The molecular weight excluding hydrogens is 260 g/mol. The molecule has 2 unspecified atom stereocenters. The molecule has 2 heterocycles. The molecule has 0 bridgehead atoms. The van der Waals surface area contributed by atoms with Crippen LogP contribution in [0.25, 0.3) is 0 Å². The molecule has 2 atom stereocenters. The van der Waals surface area contributed by atoms with Crippen LogP contribution in [-0.2, 0) is 0 Å². The number of hydrogen-bond acceptors (Lipinski definition) is 4. The third-order valence-corrected chi connectivity index (χ3v) is 4.52. The van der Waals surface area contributed by atoms with Crippen LogP contribution in [0.4, 0.5) is 0 Å². The Hall–Kier alpha value is -0.970. The highest BCUT2D eigenvalue weighted by molar-refractivity contribution is 5.12. The summed E-state index contributed by atoms with van der Waals surface area (Å²) in [5.41, 5.74) is 7.76. The van der Waals surface area contributed by atoms with E-state index >= 15 is 0 Å². The predicted molar refractivity (Wildman–Crippen MR) is 88.1 cm³/mol. The summed E-state index contributed by atoms with van der Waals surface area (Å²) < 4.78 is 0. The summed E-state index contributed by atoms with van der Waals surface area (Å²) >= 11 is 0. The molecule has 118 valence electrons. The first-order valence-corrected chi connectivity index (χ1v) is 8.09. The van der Waals surface area contributed by atoms with Gasteiger partial charge in [0.15, 0.2) is 0 Å². The van der Waals surface area contributed by atoms with E-state index in [0.717, 1.165) is 38.3 Å². The van der Waals surface area contributed by atoms with Crippen molar-refractivity contribution in [1.29, 1.82) is 0 Å². The highest BCUT2D eigenvalue weighted by atomic mass is 15.3. The Morgan fingerprint density at radius 1 is 1.19 bits per heavy atom. The summed E-state index contributed by atoms with van der Waals surface area (Å²) in [6.45, 7) is 13.3. The summed E-state index contributed by atoms with van der Waals surface area (Å²) in [6, 6.07) is 6.51. The van der Waals surface area contributed by atoms with E-state index in [0.29, 0.717) is 0 Å². The van der Waals surface area contributed by atoms with Gasteiger partial charge in [-0.3, -0.25) is 14.8 Å². The lowest BCUT2D eigenvalue weighted by Crippen LogP contribution is -2.56. The summed E-state index contributed by atoms with van der Waals surface area (Å²) in [5, 5.41) is 0. The van der Waals surface area contributed by atoms with E-state index in [1.165, 1.54) is 0 Å². The van der Waals surface area contributed by atoms with Gasteiger partial charge in [-0.15, -0.1) is 0 Å². The molecule has 0 radical (unpaired) electrons. The van der Waals surface area contributed by atoms with E-state index in [1.54, 1.807) is 0 Å². The molecule has 1 fully saturated rings. The Morgan fingerprint density at radius 2 is 1.86 bits per heavy atom. The molecule has 0 spiro atoms. The lowest BCUT2D eigenvalue weighted by atomic mass is 9.98. The van der Waals surface area contributed by atoms with Gasteiger partial charge < -0.3 is 5.73 Å². The fourth-order valence-corrected chi connectivity index (χ4v) is 3.12. The van der Waals surface area contributed by atoms with Crippen LogP contribution in [0.15, 0.2) is 24.4 Å². The monoisotopic (exact) mass is 290 g/mol. The second kappa shape index (κ2) is 6.86. The minimum Gasteiger partial charge on any atom is -0.326 e. The lowest BCUT2D eigenvalue weighted by molar-refractivity contribution is 0.0342. The van der Waals surface area contributed by atoms with Gasteiger partial charge in [-0.05, 0) is 39.3 Å². The van der Waals surface area contributed by atoms with Gasteiger partial charge in [0.1, 0.15) is 0 Å². The fraction of sp³-hybridized carbons (Fsp3) is 0.706. The number of aromatic nitrogens is 1. The van der Waals surface area contributed by atoms with Gasteiger partial charge in [-0.2, -0.15) is 0 Å². The van der Waals surface area contributed by atoms with Crippen LogP contribution in [0, 0.1) is 0 Å². The highest BCUT2D eigenvalue weighted by Crippen LogP contribution is 2.26. The van der Waals surface area contributed by atoms with E-state index in [1.807, 2.05) is 12.3 Å². The Bertz CT molecular complexity index is 418. The zero-order valence-corrected chi connectivity index (χ0v) is 13.9. The maximum atomic E-state index is 6.41. The number of hydrogen-bond donors (Lipinski definition) is 1. The van der Waals surface area contributed by atoms with E-state index in [2.05, 4.69) is 54.6 Å². The number of pyridine rings is 1. The summed E-state index contributed by atoms with van der Waals surface area (Å²) in [6.07, 6.45) is 2.84. The Kier molecular flexibility index (Phi) is 5.36. The van der Waals surface area contributed by atoms with Crippen molar-refractivity contribution in [2.24, 2.45) is 5.73 Å². The number of rotatable bonds is 4. The molecule has 1 aromatic rings. The smallest absolute Gasteiger partial charge is 0.0674 e. The standard InChI is InChI=1S/C17H30N4/c1-5-14(18)16(15-8-6-7-9-19-15)20-10-12-21(13-11-20)17(2,3)4/h6-9,14,16H,5,10-13,18H2,1-4H3. The van der Waals surface area contributed by atoms with Crippen LogP contribution in [0.3, 0.4) is 0 Å². The summed E-state index contributed by atoms with van der Waals surface area (Å²) in [5.74, 6) is 0. The molecule has 1 aliphatic heterocycles. The average Bonchev–Trinajstić information content (AvgIpc) is 2.48. The van der Waals surface area contributed by atoms with Gasteiger partial charge in [0.2, 0.25) is 0 Å². The molecular formula is C17H30N4. The predicted octanol–water partition coefficient (Wildman–Crippen LogP) is 2.28. The first kappa shape index (κ1) is 16.4. The van der Waals surface area contributed by atoms with Crippen LogP contribution < -0.4 is 5.73 Å². The molecule has 1 aromatic heterocycles. The molecule has 0 amide bonds. The van der Waals surface area contributed by atoms with Gasteiger partial charge in [0, 0.05) is 44.0 Å². The van der Waals surface area contributed by atoms with Crippen molar-refractivity contribution < 1.29 is 0 Å². The van der Waals surface area contributed by atoms with Crippen LogP contribution in [0.1, 0.15) is 45.9 Å². The van der Waals surface area contributed by atoms with E-state index in [-0.39, 0.29) is 17.6 Å². The topological polar surface area (TPSA) is 45.4 Å². The van der Waals surface area contributed by atoms with Crippen molar-refractivity contribution in [1.82, 2.24) is 14.8 Å². The van der Waals surface area contributed by atoms with Gasteiger partial charge >= 0.3 is 0 Å². The molecule has 1 aliphatic rings. The maximum Gasteiger partial charge on any atom is 0.0674 e. The van der Waals surface area contributed by atoms with Crippen LogP contribution in [-0.4, -0.2) is 52.5 Å². The molecule has 1 saturated heterocycles. The molecule has 0 aliphatic carbocycles. The normalized spacial score (nSPS) is 21.2. The van der Waals surface area contributed by atoms with Crippen LogP contribution in [0.5, 0.6) is 0 Å². The largest absolute Gasteiger partial charge is 0.326 e. The van der Waals surface area contributed by atoms with Crippen LogP contribution >= 0.6 is 0 Å². The number of nitrogens with two attached hydrogens (primary N) is 1. The van der Waals surface area contributed by atoms with Gasteiger partial charge in [-0.1, -0.05) is 13.0 Å². The second-order valence-electron chi connectivity index (χ2n) is 6.97. The van der Waals surface area contributed by atoms with Crippen molar-refractivity contribution in [3.63, 3.8) is 0 Å². The molecule has 0 aromatic carbocycles. The molecule has 21 heavy (non-hydrogen) atoms. The molecule has 4 nitrogen and oxygen atoms in total. The summed E-state index contributed by atoms with van der Waals surface area (Å²) in [4.78, 5) is 9.62. The van der Waals surface area contributed by atoms with Crippen LogP contribution in [0.2, 0.25) is 0 Å². The van der Waals surface area contributed by atoms with E-state index in [4.69, 9.17) is 5.73 Å². The van der Waals surface area contributed by atoms with Crippen molar-refractivity contribution in [3.8, 4) is 0 Å². The molecule has 4 heteroatoms. The van der Waals surface area contributed by atoms with E-state index < -0.39 is 0 Å². The Balaban J connectivity index is 2.10. The zero-order valence-electron chi connectivity index (χ0n) is 13.9. The third kappa shape index (κ3) is 4.02. The average molecular weight is 290 g/mol. The van der Waals surface area contributed by atoms with Gasteiger partial charge in [0.25, 0.3) is 0 Å². The quantitative estimate of drug-likeness (QED) is 0.924. The number of nitrogens with zero attached hydrogens (tertiary/aromatic N) is 3. The third-order valence-electron chi connectivity index (χ3n) is 4.52. The fourth-order valence-electron chi connectivity index (χ4n) is 3.12. The lowest BCUT2D eigenvalue weighted by Gasteiger charge is -2.45. The molecule has 2 N–H and O–H groups in total. The van der Waals surface area contributed by atoms with Crippen molar-refractivity contribution in [2.45, 2.75) is 51.7 Å². The maximum absolute atomic E-state index is 6.41. The van der Waals surface area contributed by atoms with Crippen molar-refractivity contribution in [2.75, 3.05) is 26.2 Å². The zero-order chi connectivity index (χ0) is 15.5. The summed E-state index contributed by atoms with van der Waals surface area (Å²) in [7, 11) is 0. The Labute approximate surface area is 129 Å². The van der Waals surface area contributed by atoms with Crippen molar-refractivity contribution in [3.05, 3.63) is 30.1 Å². The van der Waals surface area contributed by atoms with Gasteiger partial charge in [-0.25, -0.2) is 0 Å². The highest BCUT2D eigenvalue weighted by Gasteiger charge is 2.32. The SMILES string of the molecule is CCC(N)C(c1ccccn1)N1CCN(C(C)(C)C)CC1. The van der Waals surface area contributed by atoms with E-state index in [9.17, 15) is 0 Å². The van der Waals surface area contributed by atoms with Crippen molar-refractivity contribution >= 4 is 0 Å². The minimum absolute atomic E-state index is 0.140. The minimum atomic E-state index is 0.140. The first-order valence-electron chi connectivity index (χ1n) is 8.09. The van der Waals surface area contributed by atoms with Gasteiger partial charge in [0.05, 0.1) is 11.7 Å². The Morgan fingerprint density at radius 3 is 2.33 bits per heavy atom.